The second kappa shape index (κ2) is 6.44. The second-order valence-electron chi connectivity index (χ2n) is 4.09. The Balaban J connectivity index is 2.21. The number of hydrogen-bond donors (Lipinski definition) is 2. The molecule has 0 saturated carbocycles. The van der Waals surface area contributed by atoms with E-state index in [1.54, 1.807) is 10.9 Å². The van der Waals surface area contributed by atoms with Gasteiger partial charge in [0.05, 0.1) is 22.4 Å². The molecule has 0 aliphatic rings. The molecule has 5 heteroatoms. The van der Waals surface area contributed by atoms with Gasteiger partial charge in [-0.3, -0.25) is 4.68 Å². The lowest BCUT2D eigenvalue weighted by Crippen LogP contribution is -2.32. The lowest BCUT2D eigenvalue weighted by Gasteiger charge is -2.13. The Labute approximate surface area is 104 Å². The quantitative estimate of drug-likeness (QED) is 0.771. The molecule has 0 aliphatic heterocycles. The van der Waals surface area contributed by atoms with Crippen LogP contribution < -0.4 is 5.32 Å². The lowest BCUT2D eigenvalue weighted by atomic mass is 10.2. The summed E-state index contributed by atoms with van der Waals surface area (Å²) in [5, 5.41) is 17.0. The first-order chi connectivity index (χ1) is 7.08. The van der Waals surface area contributed by atoms with Crippen molar-refractivity contribution < 1.29 is 5.11 Å². The van der Waals surface area contributed by atoms with Crippen molar-refractivity contribution in [1.82, 2.24) is 15.1 Å². The number of halogens is 1. The molecule has 0 saturated heterocycles. The smallest absolute Gasteiger partial charge is 0.0860 e. The van der Waals surface area contributed by atoms with E-state index in [2.05, 4.69) is 46.9 Å². The highest BCUT2D eigenvalue weighted by molar-refractivity contribution is 14.1. The molecule has 1 heterocycles. The van der Waals surface area contributed by atoms with Gasteiger partial charge in [-0.25, -0.2) is 0 Å². The van der Waals surface area contributed by atoms with Crippen LogP contribution in [0.15, 0.2) is 12.4 Å². The fraction of sp³-hybridized carbons (Fsp3) is 0.700. The van der Waals surface area contributed by atoms with Crippen LogP contribution in [0.2, 0.25) is 0 Å². The average molecular weight is 323 g/mol. The number of rotatable bonds is 6. The van der Waals surface area contributed by atoms with Crippen molar-refractivity contribution in [3.8, 4) is 0 Å². The molecule has 0 bridgehead atoms. The third-order valence-corrected chi connectivity index (χ3v) is 2.49. The predicted molar refractivity (Wildman–Crippen MR) is 68.7 cm³/mol. The molecule has 4 nitrogen and oxygen atoms in total. The summed E-state index contributed by atoms with van der Waals surface area (Å²) in [7, 11) is 0. The van der Waals surface area contributed by atoms with Gasteiger partial charge >= 0.3 is 0 Å². The zero-order valence-electron chi connectivity index (χ0n) is 9.15. The van der Waals surface area contributed by atoms with Crippen LogP contribution >= 0.6 is 22.6 Å². The normalized spacial score (nSPS) is 13.4. The molecule has 0 amide bonds. The number of hydrogen-bond acceptors (Lipinski definition) is 3. The summed E-state index contributed by atoms with van der Waals surface area (Å²) in [6, 6.07) is 0. The minimum absolute atomic E-state index is 0.376. The van der Waals surface area contributed by atoms with E-state index in [0.29, 0.717) is 19.0 Å². The van der Waals surface area contributed by atoms with E-state index < -0.39 is 0 Å². The molecule has 0 aromatic carbocycles. The van der Waals surface area contributed by atoms with Gasteiger partial charge in [0.25, 0.3) is 0 Å². The van der Waals surface area contributed by atoms with E-state index in [4.69, 9.17) is 0 Å². The molecule has 0 spiro atoms. The molecule has 86 valence electrons. The fourth-order valence-electron chi connectivity index (χ4n) is 1.26. The molecule has 1 unspecified atom stereocenters. The van der Waals surface area contributed by atoms with Crippen LogP contribution in [0, 0.1) is 9.49 Å². The van der Waals surface area contributed by atoms with E-state index in [1.807, 2.05) is 6.20 Å². The van der Waals surface area contributed by atoms with Crippen LogP contribution in [-0.2, 0) is 6.54 Å². The first-order valence-corrected chi connectivity index (χ1v) is 6.22. The van der Waals surface area contributed by atoms with Crippen molar-refractivity contribution in [3.63, 3.8) is 0 Å². The molecule has 1 rings (SSSR count). The zero-order chi connectivity index (χ0) is 11.3. The molecule has 1 aromatic heterocycles. The highest BCUT2D eigenvalue weighted by atomic mass is 127. The zero-order valence-corrected chi connectivity index (χ0v) is 11.3. The molecule has 0 aliphatic carbocycles. The maximum absolute atomic E-state index is 9.70. The Morgan fingerprint density at radius 3 is 2.80 bits per heavy atom. The molecule has 15 heavy (non-hydrogen) atoms. The Morgan fingerprint density at radius 1 is 1.53 bits per heavy atom. The first kappa shape index (κ1) is 12.9. The average Bonchev–Trinajstić information content (AvgIpc) is 2.50. The number of aliphatic hydroxyl groups is 1. The number of aliphatic hydroxyl groups excluding tert-OH is 1. The summed E-state index contributed by atoms with van der Waals surface area (Å²) < 4.78 is 2.86. The largest absolute Gasteiger partial charge is 0.390 e. The standard InChI is InChI=1S/C10H18IN3O/c1-8(2)3-12-5-10(15)7-14-6-9(11)4-13-14/h4,6,8,10,12,15H,3,5,7H2,1-2H3. The molecule has 0 fully saturated rings. The molecule has 1 atom stereocenters. The molecular formula is C10H18IN3O. The van der Waals surface area contributed by atoms with Gasteiger partial charge in [0.2, 0.25) is 0 Å². The Bertz CT molecular complexity index is 288. The van der Waals surface area contributed by atoms with Gasteiger partial charge in [-0.15, -0.1) is 0 Å². The Morgan fingerprint density at radius 2 is 2.27 bits per heavy atom. The van der Waals surface area contributed by atoms with E-state index in [-0.39, 0.29) is 6.10 Å². The summed E-state index contributed by atoms with van der Waals surface area (Å²) in [5.74, 6) is 0.614. The highest BCUT2D eigenvalue weighted by Crippen LogP contribution is 2.01. The summed E-state index contributed by atoms with van der Waals surface area (Å²) in [5.41, 5.74) is 0. The van der Waals surface area contributed by atoms with Crippen LogP contribution in [0.5, 0.6) is 0 Å². The lowest BCUT2D eigenvalue weighted by molar-refractivity contribution is 0.146. The van der Waals surface area contributed by atoms with Crippen LogP contribution in [0.4, 0.5) is 0 Å². The van der Waals surface area contributed by atoms with E-state index in [9.17, 15) is 5.11 Å². The van der Waals surface area contributed by atoms with Gasteiger partial charge in [-0.2, -0.15) is 5.10 Å². The third-order valence-electron chi connectivity index (χ3n) is 1.93. The van der Waals surface area contributed by atoms with Crippen molar-refractivity contribution >= 4 is 22.6 Å². The van der Waals surface area contributed by atoms with Crippen molar-refractivity contribution in [1.29, 1.82) is 0 Å². The van der Waals surface area contributed by atoms with E-state index in [1.165, 1.54) is 0 Å². The number of nitrogens with zero attached hydrogens (tertiary/aromatic N) is 2. The molecular weight excluding hydrogens is 305 g/mol. The molecule has 2 N–H and O–H groups in total. The summed E-state index contributed by atoms with van der Waals surface area (Å²) in [6.07, 6.45) is 3.33. The van der Waals surface area contributed by atoms with E-state index >= 15 is 0 Å². The first-order valence-electron chi connectivity index (χ1n) is 5.14. The van der Waals surface area contributed by atoms with Gasteiger partial charge in [-0.1, -0.05) is 13.8 Å². The minimum Gasteiger partial charge on any atom is -0.390 e. The summed E-state index contributed by atoms with van der Waals surface area (Å²) in [6.45, 7) is 6.40. The minimum atomic E-state index is -0.376. The van der Waals surface area contributed by atoms with Gasteiger partial charge in [0.15, 0.2) is 0 Å². The van der Waals surface area contributed by atoms with Crippen molar-refractivity contribution in [2.24, 2.45) is 5.92 Å². The number of nitrogens with one attached hydrogen (secondary N) is 1. The van der Waals surface area contributed by atoms with Crippen molar-refractivity contribution in [2.75, 3.05) is 13.1 Å². The maximum Gasteiger partial charge on any atom is 0.0860 e. The SMILES string of the molecule is CC(C)CNCC(O)Cn1cc(I)cn1. The van der Waals surface area contributed by atoms with E-state index in [0.717, 1.165) is 10.1 Å². The van der Waals surface area contributed by atoms with Crippen LogP contribution in [0.3, 0.4) is 0 Å². The monoisotopic (exact) mass is 323 g/mol. The topological polar surface area (TPSA) is 50.1 Å². The molecule has 0 radical (unpaired) electrons. The number of aromatic nitrogens is 2. The van der Waals surface area contributed by atoms with Gasteiger partial charge in [0.1, 0.15) is 0 Å². The van der Waals surface area contributed by atoms with Crippen molar-refractivity contribution in [3.05, 3.63) is 16.0 Å². The summed E-state index contributed by atoms with van der Waals surface area (Å²) >= 11 is 2.20. The van der Waals surface area contributed by atoms with Crippen LogP contribution in [-0.4, -0.2) is 34.1 Å². The van der Waals surface area contributed by atoms with Crippen LogP contribution in [0.25, 0.3) is 0 Å². The van der Waals surface area contributed by atoms with Crippen molar-refractivity contribution in [2.45, 2.75) is 26.5 Å². The van der Waals surface area contributed by atoms with Crippen LogP contribution in [0.1, 0.15) is 13.8 Å². The second-order valence-corrected chi connectivity index (χ2v) is 5.33. The summed E-state index contributed by atoms with van der Waals surface area (Å²) in [4.78, 5) is 0. The molecule has 1 aromatic rings. The maximum atomic E-state index is 9.70. The van der Waals surface area contributed by atoms with Gasteiger partial charge in [-0.05, 0) is 35.1 Å². The fourth-order valence-corrected chi connectivity index (χ4v) is 1.70. The Kier molecular flexibility index (Phi) is 5.55. The predicted octanol–water partition coefficient (Wildman–Crippen LogP) is 1.09. The van der Waals surface area contributed by atoms with Gasteiger partial charge in [0, 0.05) is 12.7 Å². The van der Waals surface area contributed by atoms with Gasteiger partial charge < -0.3 is 10.4 Å². The Hall–Kier alpha value is -0.140. The third kappa shape index (κ3) is 5.48. The highest BCUT2D eigenvalue weighted by Gasteiger charge is 2.05.